The summed E-state index contributed by atoms with van der Waals surface area (Å²) in [5.41, 5.74) is 3.24. The highest BCUT2D eigenvalue weighted by Gasteiger charge is 2.35. The van der Waals surface area contributed by atoms with Gasteiger partial charge in [-0.3, -0.25) is 9.48 Å². The lowest BCUT2D eigenvalue weighted by Gasteiger charge is -2.36. The number of carbonyl (C=O) groups excluding carboxylic acids is 1. The molecule has 11 heteroatoms. The molecule has 0 aliphatic carbocycles. The Hall–Kier alpha value is -3.31. The topological polar surface area (TPSA) is 87.5 Å². The van der Waals surface area contributed by atoms with E-state index in [0.29, 0.717) is 19.6 Å². The van der Waals surface area contributed by atoms with Gasteiger partial charge in [0.15, 0.2) is 11.6 Å². The van der Waals surface area contributed by atoms with E-state index in [1.165, 1.54) is 26.8 Å². The number of nitrogens with zero attached hydrogens (tertiary/aromatic N) is 4. The smallest absolute Gasteiger partial charge is 0.263 e. The van der Waals surface area contributed by atoms with Gasteiger partial charge in [-0.2, -0.15) is 9.40 Å². The maximum Gasteiger partial charge on any atom is 0.263 e. The lowest BCUT2D eigenvalue weighted by atomic mass is 10.1. The van der Waals surface area contributed by atoms with Gasteiger partial charge in [-0.15, -0.1) is 0 Å². The fraction of sp³-hybridized carbons (Fsp3) is 0.333. The molecule has 4 rings (SSSR count). The summed E-state index contributed by atoms with van der Waals surface area (Å²) in [5.74, 6) is -2.95. The number of halogens is 2. The zero-order valence-electron chi connectivity index (χ0n) is 19.8. The second-order valence-corrected chi connectivity index (χ2v) is 10.3. The molecule has 3 aromatic rings. The first kappa shape index (κ1) is 24.8. The van der Waals surface area contributed by atoms with Crippen LogP contribution in [0, 0.1) is 25.5 Å². The lowest BCUT2D eigenvalue weighted by Crippen LogP contribution is -2.49. The molecular weight excluding hydrogens is 476 g/mol. The molecule has 8 nitrogen and oxygen atoms in total. The van der Waals surface area contributed by atoms with Gasteiger partial charge in [-0.1, -0.05) is 12.1 Å². The number of amides is 1. The highest BCUT2D eigenvalue weighted by molar-refractivity contribution is 7.89. The van der Waals surface area contributed by atoms with Crippen LogP contribution >= 0.6 is 0 Å². The number of aryl methyl sites for hydroxylation is 2. The maximum atomic E-state index is 13.6. The van der Waals surface area contributed by atoms with Crippen molar-refractivity contribution in [1.29, 1.82) is 0 Å². The number of hydrogen-bond donors (Lipinski definition) is 1. The molecule has 1 saturated heterocycles. The van der Waals surface area contributed by atoms with Gasteiger partial charge in [0.2, 0.25) is 5.03 Å². The number of anilines is 2. The van der Waals surface area contributed by atoms with Gasteiger partial charge in [0.25, 0.3) is 15.9 Å². The fourth-order valence-electron chi connectivity index (χ4n) is 4.05. The summed E-state index contributed by atoms with van der Waals surface area (Å²) in [6.07, 6.45) is 1.34. The Morgan fingerprint density at radius 3 is 2.43 bits per heavy atom. The summed E-state index contributed by atoms with van der Waals surface area (Å²) < 4.78 is 56.5. The number of hydrogen-bond acceptors (Lipinski definition) is 5. The Morgan fingerprint density at radius 2 is 1.77 bits per heavy atom. The summed E-state index contributed by atoms with van der Waals surface area (Å²) in [6, 6.07) is 8.95. The predicted molar refractivity (Wildman–Crippen MR) is 129 cm³/mol. The molecule has 186 valence electrons. The number of nitrogens with one attached hydrogen (secondary N) is 1. The summed E-state index contributed by atoms with van der Waals surface area (Å²) in [4.78, 5) is 15.1. The van der Waals surface area contributed by atoms with E-state index in [1.54, 1.807) is 6.92 Å². The molecule has 1 amide bonds. The van der Waals surface area contributed by atoms with Crippen molar-refractivity contribution in [2.24, 2.45) is 0 Å². The van der Waals surface area contributed by atoms with E-state index >= 15 is 0 Å². The van der Waals surface area contributed by atoms with Crippen molar-refractivity contribution >= 4 is 27.3 Å². The van der Waals surface area contributed by atoms with Crippen LogP contribution in [0.25, 0.3) is 0 Å². The number of piperazine rings is 1. The van der Waals surface area contributed by atoms with Crippen LogP contribution in [0.1, 0.15) is 28.4 Å². The van der Waals surface area contributed by atoms with E-state index in [1.807, 2.05) is 32.0 Å². The van der Waals surface area contributed by atoms with Crippen molar-refractivity contribution < 1.29 is 22.0 Å². The highest BCUT2D eigenvalue weighted by atomic mass is 32.2. The summed E-state index contributed by atoms with van der Waals surface area (Å²) in [5, 5.41) is 6.22. The molecule has 1 aliphatic rings. The van der Waals surface area contributed by atoms with Crippen molar-refractivity contribution in [2.75, 3.05) is 36.4 Å². The number of aromatic nitrogens is 2. The molecule has 1 N–H and O–H groups in total. The van der Waals surface area contributed by atoms with Gasteiger partial charge < -0.3 is 10.2 Å². The SMILES string of the molecule is CCn1cc(C(=O)Nc2ccc(F)c(F)c2)c(S(=O)(=O)N2CCN(c3cccc(C)c3C)CC2)n1. The minimum atomic E-state index is -4.08. The van der Waals surface area contributed by atoms with Crippen LogP contribution < -0.4 is 10.2 Å². The predicted octanol–water partition coefficient (Wildman–Crippen LogP) is 3.56. The van der Waals surface area contributed by atoms with Gasteiger partial charge in [0.1, 0.15) is 0 Å². The molecule has 1 aromatic heterocycles. The van der Waals surface area contributed by atoms with Crippen LogP contribution in [0.4, 0.5) is 20.2 Å². The van der Waals surface area contributed by atoms with Gasteiger partial charge in [-0.05, 0) is 50.1 Å². The van der Waals surface area contributed by atoms with Gasteiger partial charge in [-0.25, -0.2) is 17.2 Å². The minimum absolute atomic E-state index is 0.00337. The summed E-state index contributed by atoms with van der Waals surface area (Å²) >= 11 is 0. The third-order valence-corrected chi connectivity index (χ3v) is 8.05. The first-order valence-corrected chi connectivity index (χ1v) is 12.7. The van der Waals surface area contributed by atoms with E-state index in [2.05, 4.69) is 15.3 Å². The molecule has 0 atom stereocenters. The Bertz CT molecular complexity index is 1370. The van der Waals surface area contributed by atoms with E-state index in [9.17, 15) is 22.0 Å². The van der Waals surface area contributed by atoms with E-state index in [0.717, 1.165) is 23.4 Å². The molecular formula is C24H27F2N5O3S. The third-order valence-electron chi connectivity index (χ3n) is 6.21. The molecule has 2 aromatic carbocycles. The van der Waals surface area contributed by atoms with Crippen molar-refractivity contribution in [3.8, 4) is 0 Å². The van der Waals surface area contributed by atoms with Crippen LogP contribution in [-0.2, 0) is 16.6 Å². The largest absolute Gasteiger partial charge is 0.369 e. The Labute approximate surface area is 203 Å². The Morgan fingerprint density at radius 1 is 1.06 bits per heavy atom. The molecule has 2 heterocycles. The quantitative estimate of drug-likeness (QED) is 0.556. The molecule has 0 radical (unpaired) electrons. The maximum absolute atomic E-state index is 13.6. The third kappa shape index (κ3) is 4.92. The van der Waals surface area contributed by atoms with Crippen LogP contribution in [0.2, 0.25) is 0 Å². The number of rotatable bonds is 6. The number of benzene rings is 2. The monoisotopic (exact) mass is 503 g/mol. The zero-order chi connectivity index (χ0) is 25.3. The molecule has 35 heavy (non-hydrogen) atoms. The normalized spacial score (nSPS) is 14.8. The average Bonchev–Trinajstić information content (AvgIpc) is 3.29. The van der Waals surface area contributed by atoms with Gasteiger partial charge in [0.05, 0.1) is 5.56 Å². The van der Waals surface area contributed by atoms with Gasteiger partial charge in [0, 0.05) is 56.4 Å². The molecule has 0 saturated carbocycles. The van der Waals surface area contributed by atoms with E-state index in [4.69, 9.17) is 0 Å². The first-order chi connectivity index (χ1) is 16.6. The molecule has 0 spiro atoms. The highest BCUT2D eigenvalue weighted by Crippen LogP contribution is 2.27. The van der Waals surface area contributed by atoms with Crippen molar-refractivity contribution in [3.05, 3.63) is 70.9 Å². The van der Waals surface area contributed by atoms with Crippen LogP contribution in [0.3, 0.4) is 0 Å². The molecule has 1 aliphatic heterocycles. The summed E-state index contributed by atoms with van der Waals surface area (Å²) in [6.45, 7) is 7.66. The number of sulfonamides is 1. The molecule has 0 bridgehead atoms. The fourth-order valence-corrected chi connectivity index (χ4v) is 5.57. The van der Waals surface area contributed by atoms with Crippen LogP contribution in [-0.4, -0.2) is 54.6 Å². The molecule has 0 unspecified atom stereocenters. The standard InChI is InChI=1S/C24H27F2N5O3S/c1-4-30-15-19(23(32)27-18-8-9-20(25)21(26)14-18)24(28-30)35(33,34)31-12-10-29(11-13-31)22-7-5-6-16(2)17(22)3/h5-9,14-15H,4,10-13H2,1-3H3,(H,27,32). The van der Waals surface area contributed by atoms with Crippen LogP contribution in [0.15, 0.2) is 47.6 Å². The molecule has 1 fully saturated rings. The second-order valence-electron chi connectivity index (χ2n) is 8.40. The Kier molecular flexibility index (Phi) is 6.91. The van der Waals surface area contributed by atoms with E-state index in [-0.39, 0.29) is 29.4 Å². The first-order valence-electron chi connectivity index (χ1n) is 11.3. The summed E-state index contributed by atoms with van der Waals surface area (Å²) in [7, 11) is -4.08. The van der Waals surface area contributed by atoms with Crippen molar-refractivity contribution in [1.82, 2.24) is 14.1 Å². The van der Waals surface area contributed by atoms with Crippen LogP contribution in [0.5, 0.6) is 0 Å². The lowest BCUT2D eigenvalue weighted by molar-refractivity contribution is 0.102. The van der Waals surface area contributed by atoms with Gasteiger partial charge >= 0.3 is 0 Å². The average molecular weight is 504 g/mol. The zero-order valence-corrected chi connectivity index (χ0v) is 20.6. The Balaban J connectivity index is 1.56. The second kappa shape index (κ2) is 9.74. The van der Waals surface area contributed by atoms with Crippen molar-refractivity contribution in [2.45, 2.75) is 32.3 Å². The minimum Gasteiger partial charge on any atom is -0.369 e. The number of carbonyl (C=O) groups is 1. The van der Waals surface area contributed by atoms with Crippen molar-refractivity contribution in [3.63, 3.8) is 0 Å². The van der Waals surface area contributed by atoms with E-state index < -0.39 is 27.6 Å².